The van der Waals surface area contributed by atoms with Gasteiger partial charge in [0.25, 0.3) is 0 Å². The van der Waals surface area contributed by atoms with Gasteiger partial charge in [0.15, 0.2) is 0 Å². The monoisotopic (exact) mass is 258 g/mol. The maximum atomic E-state index is 11.5. The van der Waals surface area contributed by atoms with E-state index in [4.69, 9.17) is 4.74 Å². The molecule has 0 heterocycles. The lowest BCUT2D eigenvalue weighted by Gasteiger charge is -2.39. The SMILES string of the molecule is COCC(O)CC1(C(=O)O)CCC(C(C)C)CC1. The highest BCUT2D eigenvalue weighted by Gasteiger charge is 2.43. The van der Waals surface area contributed by atoms with Crippen molar-refractivity contribution in [1.82, 2.24) is 0 Å². The van der Waals surface area contributed by atoms with Gasteiger partial charge in [0.1, 0.15) is 0 Å². The number of aliphatic hydroxyl groups excluding tert-OH is 1. The van der Waals surface area contributed by atoms with Gasteiger partial charge in [-0.25, -0.2) is 0 Å². The molecule has 0 aromatic rings. The second kappa shape index (κ2) is 6.53. The van der Waals surface area contributed by atoms with E-state index in [-0.39, 0.29) is 6.61 Å². The van der Waals surface area contributed by atoms with E-state index in [2.05, 4.69) is 13.8 Å². The van der Waals surface area contributed by atoms with Gasteiger partial charge in [0, 0.05) is 7.11 Å². The van der Waals surface area contributed by atoms with Crippen LogP contribution in [0.25, 0.3) is 0 Å². The lowest BCUT2D eigenvalue weighted by atomic mass is 9.65. The van der Waals surface area contributed by atoms with E-state index in [1.807, 2.05) is 0 Å². The molecule has 1 aliphatic carbocycles. The zero-order valence-electron chi connectivity index (χ0n) is 11.7. The van der Waals surface area contributed by atoms with E-state index < -0.39 is 17.5 Å². The molecule has 4 nitrogen and oxygen atoms in total. The van der Waals surface area contributed by atoms with Crippen LogP contribution in [-0.4, -0.2) is 36.0 Å². The van der Waals surface area contributed by atoms with Gasteiger partial charge in [-0.15, -0.1) is 0 Å². The number of ether oxygens (including phenoxy) is 1. The van der Waals surface area contributed by atoms with Crippen LogP contribution in [0.4, 0.5) is 0 Å². The first kappa shape index (κ1) is 15.4. The molecule has 0 aliphatic heterocycles. The van der Waals surface area contributed by atoms with Crippen LogP contribution in [0, 0.1) is 17.3 Å². The Morgan fingerprint density at radius 1 is 1.39 bits per heavy atom. The maximum Gasteiger partial charge on any atom is 0.309 e. The summed E-state index contributed by atoms with van der Waals surface area (Å²) in [5.41, 5.74) is -0.747. The van der Waals surface area contributed by atoms with Gasteiger partial charge in [-0.05, 0) is 43.9 Å². The molecule has 0 spiro atoms. The molecule has 1 fully saturated rings. The Bertz CT molecular complexity index is 267. The van der Waals surface area contributed by atoms with Crippen molar-refractivity contribution in [2.75, 3.05) is 13.7 Å². The Labute approximate surface area is 109 Å². The summed E-state index contributed by atoms with van der Waals surface area (Å²) in [6.07, 6.45) is 2.87. The van der Waals surface area contributed by atoms with Crippen LogP contribution in [-0.2, 0) is 9.53 Å². The molecule has 106 valence electrons. The number of carboxylic acids is 1. The summed E-state index contributed by atoms with van der Waals surface area (Å²) in [4.78, 5) is 11.5. The van der Waals surface area contributed by atoms with E-state index in [9.17, 15) is 15.0 Å². The van der Waals surface area contributed by atoms with E-state index >= 15 is 0 Å². The number of hydrogen-bond acceptors (Lipinski definition) is 3. The molecular formula is C14H26O4. The standard InChI is InChI=1S/C14H26O4/c1-10(2)11-4-6-14(7-5-11,13(16)17)8-12(15)9-18-3/h10-12,15H,4-9H2,1-3H3,(H,16,17). The molecule has 0 saturated heterocycles. The van der Waals surface area contributed by atoms with Crippen molar-refractivity contribution in [3.63, 3.8) is 0 Å². The molecule has 2 N–H and O–H groups in total. The Hall–Kier alpha value is -0.610. The number of carboxylic acid groups (broad SMARTS) is 1. The third-order valence-electron chi connectivity index (χ3n) is 4.37. The predicted molar refractivity (Wildman–Crippen MR) is 69.4 cm³/mol. The quantitative estimate of drug-likeness (QED) is 0.767. The Morgan fingerprint density at radius 2 is 1.94 bits per heavy atom. The summed E-state index contributed by atoms with van der Waals surface area (Å²) in [6, 6.07) is 0. The van der Waals surface area contributed by atoms with Gasteiger partial charge >= 0.3 is 5.97 Å². The second-order valence-electron chi connectivity index (χ2n) is 5.98. The van der Waals surface area contributed by atoms with Gasteiger partial charge in [-0.3, -0.25) is 4.79 Å². The lowest BCUT2D eigenvalue weighted by molar-refractivity contribution is -0.155. The molecule has 0 radical (unpaired) electrons. The largest absolute Gasteiger partial charge is 0.481 e. The molecule has 1 saturated carbocycles. The summed E-state index contributed by atoms with van der Waals surface area (Å²) < 4.78 is 4.89. The third-order valence-corrected chi connectivity index (χ3v) is 4.37. The zero-order valence-corrected chi connectivity index (χ0v) is 11.7. The van der Waals surface area contributed by atoms with Crippen LogP contribution in [0.15, 0.2) is 0 Å². The van der Waals surface area contributed by atoms with Crippen LogP contribution in [0.3, 0.4) is 0 Å². The van der Waals surface area contributed by atoms with Crippen LogP contribution in [0.1, 0.15) is 46.0 Å². The van der Waals surface area contributed by atoms with Gasteiger partial charge in [0.05, 0.1) is 18.1 Å². The van der Waals surface area contributed by atoms with Crippen molar-refractivity contribution in [2.45, 2.75) is 52.1 Å². The smallest absolute Gasteiger partial charge is 0.309 e. The molecule has 1 rings (SSSR count). The van der Waals surface area contributed by atoms with Crippen molar-refractivity contribution < 1.29 is 19.7 Å². The van der Waals surface area contributed by atoms with Crippen LogP contribution >= 0.6 is 0 Å². The van der Waals surface area contributed by atoms with Crippen molar-refractivity contribution in [3.8, 4) is 0 Å². The molecule has 1 unspecified atom stereocenters. The zero-order chi connectivity index (χ0) is 13.8. The summed E-state index contributed by atoms with van der Waals surface area (Å²) in [7, 11) is 1.52. The highest BCUT2D eigenvalue weighted by Crippen LogP contribution is 2.44. The topological polar surface area (TPSA) is 66.8 Å². The van der Waals surface area contributed by atoms with Crippen molar-refractivity contribution in [3.05, 3.63) is 0 Å². The van der Waals surface area contributed by atoms with E-state index in [1.165, 1.54) is 7.11 Å². The molecule has 0 amide bonds. The van der Waals surface area contributed by atoms with Crippen LogP contribution in [0.2, 0.25) is 0 Å². The van der Waals surface area contributed by atoms with E-state index in [1.54, 1.807) is 0 Å². The molecule has 0 bridgehead atoms. The first-order chi connectivity index (χ1) is 8.41. The van der Waals surface area contributed by atoms with E-state index in [0.29, 0.717) is 31.1 Å². The molecular weight excluding hydrogens is 232 g/mol. The third kappa shape index (κ3) is 3.69. The fourth-order valence-corrected chi connectivity index (χ4v) is 3.07. The highest BCUT2D eigenvalue weighted by molar-refractivity contribution is 5.74. The number of carbonyl (C=O) groups is 1. The minimum absolute atomic E-state index is 0.211. The van der Waals surface area contributed by atoms with Gasteiger partial charge in [-0.1, -0.05) is 13.8 Å². The van der Waals surface area contributed by atoms with Crippen molar-refractivity contribution in [1.29, 1.82) is 0 Å². The first-order valence-electron chi connectivity index (χ1n) is 6.81. The molecule has 0 aromatic carbocycles. The first-order valence-corrected chi connectivity index (χ1v) is 6.81. The van der Waals surface area contributed by atoms with Crippen LogP contribution < -0.4 is 0 Å². The van der Waals surface area contributed by atoms with Crippen LogP contribution in [0.5, 0.6) is 0 Å². The number of rotatable bonds is 6. The summed E-state index contributed by atoms with van der Waals surface area (Å²) in [6.45, 7) is 4.60. The highest BCUT2D eigenvalue weighted by atomic mass is 16.5. The van der Waals surface area contributed by atoms with Gasteiger partial charge in [0.2, 0.25) is 0 Å². The molecule has 4 heteroatoms. The number of methoxy groups -OCH3 is 1. The fraction of sp³-hybridized carbons (Fsp3) is 0.929. The summed E-state index contributed by atoms with van der Waals surface area (Å²) in [5.74, 6) is 0.470. The van der Waals surface area contributed by atoms with E-state index in [0.717, 1.165) is 12.8 Å². The minimum atomic E-state index is -0.764. The average molecular weight is 258 g/mol. The maximum absolute atomic E-state index is 11.5. The van der Waals surface area contributed by atoms with Gasteiger partial charge < -0.3 is 14.9 Å². The molecule has 0 aromatic heterocycles. The van der Waals surface area contributed by atoms with Crippen molar-refractivity contribution in [2.24, 2.45) is 17.3 Å². The normalized spacial score (nSPS) is 30.4. The summed E-state index contributed by atoms with van der Waals surface area (Å²) in [5, 5.41) is 19.3. The number of hydrogen-bond donors (Lipinski definition) is 2. The minimum Gasteiger partial charge on any atom is -0.481 e. The number of aliphatic hydroxyl groups is 1. The average Bonchev–Trinajstić information content (AvgIpc) is 2.29. The summed E-state index contributed by atoms with van der Waals surface area (Å²) >= 11 is 0. The number of aliphatic carboxylic acids is 1. The van der Waals surface area contributed by atoms with Crippen molar-refractivity contribution >= 4 is 5.97 Å². The molecule has 1 atom stereocenters. The predicted octanol–water partition coefficient (Wildman–Crippen LogP) is 2.30. The second-order valence-corrected chi connectivity index (χ2v) is 5.98. The lowest BCUT2D eigenvalue weighted by Crippen LogP contribution is -2.40. The Balaban J connectivity index is 2.64. The fourth-order valence-electron chi connectivity index (χ4n) is 3.07. The van der Waals surface area contributed by atoms with Gasteiger partial charge in [-0.2, -0.15) is 0 Å². The Kier molecular flexibility index (Phi) is 5.60. The Morgan fingerprint density at radius 3 is 2.33 bits per heavy atom. The molecule has 18 heavy (non-hydrogen) atoms. The molecule has 1 aliphatic rings.